The highest BCUT2D eigenvalue weighted by Gasteiger charge is 2.08. The van der Waals surface area contributed by atoms with Crippen molar-refractivity contribution in [1.29, 1.82) is 0 Å². The zero-order chi connectivity index (χ0) is 13.7. The van der Waals surface area contributed by atoms with E-state index in [4.69, 9.17) is 27.9 Å². The highest BCUT2D eigenvalue weighted by Crippen LogP contribution is 2.26. The maximum absolute atomic E-state index is 5.91. The summed E-state index contributed by atoms with van der Waals surface area (Å²) in [4.78, 5) is 0. The van der Waals surface area contributed by atoms with Gasteiger partial charge in [-0.3, -0.25) is 0 Å². The molecule has 19 heavy (non-hydrogen) atoms. The number of anilines is 1. The molecule has 1 N–H and O–H groups in total. The highest BCUT2D eigenvalue weighted by atomic mass is 35.5. The molecule has 0 radical (unpaired) electrons. The fourth-order valence-electron chi connectivity index (χ4n) is 1.44. The first-order valence-electron chi connectivity index (χ1n) is 5.83. The van der Waals surface area contributed by atoms with Crippen molar-refractivity contribution in [3.63, 3.8) is 0 Å². The molecule has 0 spiro atoms. The van der Waals surface area contributed by atoms with Crippen LogP contribution in [0.15, 0.2) is 18.2 Å². The van der Waals surface area contributed by atoms with E-state index in [2.05, 4.69) is 21.8 Å². The summed E-state index contributed by atoms with van der Waals surface area (Å²) in [6.45, 7) is 3.32. The van der Waals surface area contributed by atoms with Gasteiger partial charge in [0.05, 0.1) is 0 Å². The summed E-state index contributed by atoms with van der Waals surface area (Å²) in [5.74, 6) is 0.618. The number of benzene rings is 1. The molecule has 0 aliphatic rings. The minimum absolute atomic E-state index is 0.333. The minimum Gasteiger partial charge on any atom is -0.487 e. The van der Waals surface area contributed by atoms with E-state index in [1.54, 1.807) is 18.2 Å². The third-order valence-corrected chi connectivity index (χ3v) is 3.47. The third-order valence-electron chi connectivity index (χ3n) is 2.30. The Morgan fingerprint density at radius 3 is 2.68 bits per heavy atom. The monoisotopic (exact) mass is 317 g/mol. The molecule has 0 aliphatic carbocycles. The third kappa shape index (κ3) is 4.23. The molecule has 2 rings (SSSR count). The van der Waals surface area contributed by atoms with E-state index in [0.29, 0.717) is 22.4 Å². The number of nitrogens with zero attached hydrogens (tertiary/aromatic N) is 2. The Morgan fingerprint density at radius 2 is 2.00 bits per heavy atom. The second-order valence-corrected chi connectivity index (χ2v) is 5.50. The Labute approximate surface area is 125 Å². The molecule has 102 valence electrons. The number of aromatic nitrogens is 2. The van der Waals surface area contributed by atoms with Crippen LogP contribution < -0.4 is 10.1 Å². The van der Waals surface area contributed by atoms with Crippen molar-refractivity contribution in [2.24, 2.45) is 0 Å². The lowest BCUT2D eigenvalue weighted by Gasteiger charge is -2.07. The summed E-state index contributed by atoms with van der Waals surface area (Å²) in [6, 6.07) is 5.09. The van der Waals surface area contributed by atoms with Gasteiger partial charge in [0.2, 0.25) is 0 Å². The average Bonchev–Trinajstić information content (AvgIpc) is 2.80. The average molecular weight is 318 g/mol. The van der Waals surface area contributed by atoms with Gasteiger partial charge in [0, 0.05) is 28.1 Å². The molecular formula is C12H13Cl2N3OS. The number of nitrogens with one attached hydrogen (secondary N) is 1. The largest absolute Gasteiger partial charge is 0.487 e. The van der Waals surface area contributed by atoms with Gasteiger partial charge < -0.3 is 10.1 Å². The molecule has 2 aromatic rings. The molecule has 4 nitrogen and oxygen atoms in total. The molecular weight excluding hydrogens is 305 g/mol. The standard InChI is InChI=1S/C12H13Cl2N3OS/c1-2-3-15-12-11(16-17-19-12)7-18-10-5-8(13)4-9(14)6-10/h4-6,15H,2-3,7H2,1H3. The number of halogens is 2. The van der Waals surface area contributed by atoms with E-state index in [-0.39, 0.29) is 0 Å². The van der Waals surface area contributed by atoms with Gasteiger partial charge in [0.1, 0.15) is 23.1 Å². The minimum atomic E-state index is 0.333. The van der Waals surface area contributed by atoms with Gasteiger partial charge in [0.25, 0.3) is 0 Å². The SMILES string of the molecule is CCCNc1snnc1COc1cc(Cl)cc(Cl)c1. The van der Waals surface area contributed by atoms with E-state index in [9.17, 15) is 0 Å². The van der Waals surface area contributed by atoms with Crippen molar-refractivity contribution in [2.75, 3.05) is 11.9 Å². The summed E-state index contributed by atoms with van der Waals surface area (Å²) < 4.78 is 9.55. The van der Waals surface area contributed by atoms with Crippen LogP contribution in [0.25, 0.3) is 0 Å². The molecule has 1 aromatic carbocycles. The smallest absolute Gasteiger partial charge is 0.136 e. The molecule has 0 saturated heterocycles. The van der Waals surface area contributed by atoms with Crippen molar-refractivity contribution in [3.05, 3.63) is 33.9 Å². The summed E-state index contributed by atoms with van der Waals surface area (Å²) in [5, 5.41) is 9.34. The van der Waals surface area contributed by atoms with E-state index < -0.39 is 0 Å². The number of hydrogen-bond donors (Lipinski definition) is 1. The second-order valence-electron chi connectivity index (χ2n) is 3.87. The molecule has 0 atom stereocenters. The first kappa shape index (κ1) is 14.4. The van der Waals surface area contributed by atoms with E-state index >= 15 is 0 Å². The predicted octanol–water partition coefficient (Wildman–Crippen LogP) is 4.25. The number of ether oxygens (including phenoxy) is 1. The predicted molar refractivity (Wildman–Crippen MR) is 79.5 cm³/mol. The van der Waals surface area contributed by atoms with Crippen LogP contribution in [0.3, 0.4) is 0 Å². The molecule has 0 aliphatic heterocycles. The van der Waals surface area contributed by atoms with E-state index in [1.807, 2.05) is 0 Å². The van der Waals surface area contributed by atoms with Crippen molar-refractivity contribution >= 4 is 39.7 Å². The summed E-state index contributed by atoms with van der Waals surface area (Å²) in [7, 11) is 0. The van der Waals surface area contributed by atoms with Crippen LogP contribution in [0.2, 0.25) is 10.0 Å². The van der Waals surface area contributed by atoms with Crippen LogP contribution in [0.4, 0.5) is 5.00 Å². The molecule has 0 unspecified atom stereocenters. The lowest BCUT2D eigenvalue weighted by Crippen LogP contribution is -2.03. The first-order chi connectivity index (χ1) is 9.19. The first-order valence-corrected chi connectivity index (χ1v) is 7.36. The fraction of sp³-hybridized carbons (Fsp3) is 0.333. The van der Waals surface area contributed by atoms with Gasteiger partial charge in [-0.25, -0.2) is 0 Å². The quantitative estimate of drug-likeness (QED) is 0.865. The topological polar surface area (TPSA) is 47.0 Å². The van der Waals surface area contributed by atoms with E-state index in [1.165, 1.54) is 11.5 Å². The molecule has 0 bridgehead atoms. The summed E-state index contributed by atoms with van der Waals surface area (Å²) in [6.07, 6.45) is 1.04. The van der Waals surface area contributed by atoms with Gasteiger partial charge in [0.15, 0.2) is 0 Å². The summed E-state index contributed by atoms with van der Waals surface area (Å²) >= 11 is 13.1. The Bertz CT molecular complexity index is 527. The number of rotatable bonds is 6. The van der Waals surface area contributed by atoms with E-state index in [0.717, 1.165) is 23.7 Å². The zero-order valence-electron chi connectivity index (χ0n) is 10.3. The van der Waals surface area contributed by atoms with Crippen molar-refractivity contribution < 1.29 is 4.74 Å². The van der Waals surface area contributed by atoms with Gasteiger partial charge in [-0.2, -0.15) is 0 Å². The Morgan fingerprint density at radius 1 is 1.26 bits per heavy atom. The lowest BCUT2D eigenvalue weighted by molar-refractivity contribution is 0.302. The Balaban J connectivity index is 2.00. The Hall–Kier alpha value is -1.04. The maximum atomic E-state index is 5.91. The van der Waals surface area contributed by atoms with Crippen LogP contribution in [-0.4, -0.2) is 16.1 Å². The molecule has 1 heterocycles. The van der Waals surface area contributed by atoms with Crippen molar-refractivity contribution in [3.8, 4) is 5.75 Å². The number of hydrogen-bond acceptors (Lipinski definition) is 5. The van der Waals surface area contributed by atoms with Gasteiger partial charge in [-0.05, 0) is 24.6 Å². The van der Waals surface area contributed by atoms with Gasteiger partial charge in [-0.1, -0.05) is 34.6 Å². The van der Waals surface area contributed by atoms with Crippen LogP contribution >= 0.6 is 34.7 Å². The van der Waals surface area contributed by atoms with Gasteiger partial charge >= 0.3 is 0 Å². The maximum Gasteiger partial charge on any atom is 0.136 e. The molecule has 7 heteroatoms. The molecule has 0 amide bonds. The highest BCUT2D eigenvalue weighted by molar-refractivity contribution is 7.10. The van der Waals surface area contributed by atoms with Crippen LogP contribution in [0, 0.1) is 0 Å². The van der Waals surface area contributed by atoms with Crippen molar-refractivity contribution in [1.82, 2.24) is 9.59 Å². The fourth-order valence-corrected chi connectivity index (χ4v) is 2.54. The van der Waals surface area contributed by atoms with Crippen LogP contribution in [0.5, 0.6) is 5.75 Å². The van der Waals surface area contributed by atoms with Crippen LogP contribution in [0.1, 0.15) is 19.0 Å². The Kier molecular flexibility index (Phi) is 5.24. The second kappa shape index (κ2) is 6.93. The molecule has 1 aromatic heterocycles. The van der Waals surface area contributed by atoms with Crippen LogP contribution in [-0.2, 0) is 6.61 Å². The van der Waals surface area contributed by atoms with Gasteiger partial charge in [-0.15, -0.1) is 5.10 Å². The molecule has 0 saturated carbocycles. The van der Waals surface area contributed by atoms with Crippen molar-refractivity contribution in [2.45, 2.75) is 20.0 Å². The molecule has 0 fully saturated rings. The summed E-state index contributed by atoms with van der Waals surface area (Å²) in [5.41, 5.74) is 0.787. The lowest BCUT2D eigenvalue weighted by atomic mass is 10.3. The normalized spacial score (nSPS) is 10.5. The zero-order valence-corrected chi connectivity index (χ0v) is 12.6.